The molecule has 5 nitrogen and oxygen atoms in total. The molecule has 3 aromatic rings. The Labute approximate surface area is 227 Å². The zero-order chi connectivity index (χ0) is 27.9. The van der Waals surface area contributed by atoms with E-state index in [-0.39, 0.29) is 39.4 Å². The smallest absolute Gasteiger partial charge is 0.280 e. The SMILES string of the molecule is COc1cc(/C=C2/C(=O)N(c3c(F)c(F)c(F)c(F)c3F)N=C2C)cc(Cl)c1OCc1ccc(Cl)c(Cl)c1. The van der Waals surface area contributed by atoms with E-state index >= 15 is 0 Å². The van der Waals surface area contributed by atoms with E-state index in [4.69, 9.17) is 44.3 Å². The van der Waals surface area contributed by atoms with Gasteiger partial charge in [0.25, 0.3) is 5.91 Å². The topological polar surface area (TPSA) is 51.1 Å². The number of halogens is 8. The molecule has 3 aromatic carbocycles. The Morgan fingerprint density at radius 3 is 2.13 bits per heavy atom. The zero-order valence-electron chi connectivity index (χ0n) is 19.3. The maximum atomic E-state index is 14.3. The molecule has 1 amide bonds. The summed E-state index contributed by atoms with van der Waals surface area (Å²) in [5, 5.41) is 4.62. The zero-order valence-corrected chi connectivity index (χ0v) is 21.6. The molecule has 0 aromatic heterocycles. The Hall–Kier alpha value is -3.34. The monoisotopic (exact) mass is 590 g/mol. The second kappa shape index (κ2) is 10.8. The number of methoxy groups -OCH3 is 1. The van der Waals surface area contributed by atoms with Gasteiger partial charge in [-0.15, -0.1) is 0 Å². The standard InChI is InChI=1S/C25H14Cl3F5N2O3/c1-10-13(25(36)35(34-10)23-21(32)19(30)18(29)20(31)22(23)33)5-12-7-16(28)24(17(8-12)37-2)38-9-11-3-4-14(26)15(27)6-11/h3-8H,9H2,1-2H3/b13-5+. The third kappa shape index (κ3) is 5.03. The number of rotatable bonds is 6. The van der Waals surface area contributed by atoms with Gasteiger partial charge in [0, 0.05) is 0 Å². The number of anilines is 1. The van der Waals surface area contributed by atoms with Gasteiger partial charge in [0.05, 0.1) is 33.5 Å². The maximum Gasteiger partial charge on any atom is 0.280 e. The van der Waals surface area contributed by atoms with E-state index < -0.39 is 40.7 Å². The normalized spacial score (nSPS) is 14.4. The Morgan fingerprint density at radius 1 is 0.895 bits per heavy atom. The summed E-state index contributed by atoms with van der Waals surface area (Å²) in [6.07, 6.45) is 1.27. The molecule has 4 rings (SSSR count). The molecular weight excluding hydrogens is 578 g/mol. The molecule has 0 aliphatic carbocycles. The van der Waals surface area contributed by atoms with Crippen LogP contribution >= 0.6 is 34.8 Å². The Bertz CT molecular complexity index is 1520. The van der Waals surface area contributed by atoms with Gasteiger partial charge in [-0.05, 0) is 48.4 Å². The number of nitrogens with zero attached hydrogens (tertiary/aromatic N) is 2. The van der Waals surface area contributed by atoms with Crippen LogP contribution < -0.4 is 14.5 Å². The summed E-state index contributed by atoms with van der Waals surface area (Å²) in [4.78, 5) is 12.9. The van der Waals surface area contributed by atoms with Gasteiger partial charge in [0.1, 0.15) is 12.3 Å². The Kier molecular flexibility index (Phi) is 7.87. The second-order valence-corrected chi connectivity index (χ2v) is 9.07. The van der Waals surface area contributed by atoms with E-state index in [0.717, 1.165) is 0 Å². The summed E-state index contributed by atoms with van der Waals surface area (Å²) in [5.74, 6) is -11.9. The number of benzene rings is 3. The maximum absolute atomic E-state index is 14.3. The van der Waals surface area contributed by atoms with Crippen molar-refractivity contribution < 1.29 is 36.2 Å². The summed E-state index contributed by atoms with van der Waals surface area (Å²) in [5.41, 5.74) is -0.729. The van der Waals surface area contributed by atoms with Gasteiger partial charge in [-0.1, -0.05) is 40.9 Å². The first-order chi connectivity index (χ1) is 17.9. The van der Waals surface area contributed by atoms with E-state index in [2.05, 4.69) is 5.10 Å². The molecule has 0 bridgehead atoms. The number of carbonyl (C=O) groups is 1. The average Bonchev–Trinajstić information content (AvgIpc) is 3.15. The number of hydrazone groups is 1. The fraction of sp³-hybridized carbons (Fsp3) is 0.120. The molecule has 38 heavy (non-hydrogen) atoms. The highest BCUT2D eigenvalue weighted by molar-refractivity contribution is 6.42. The van der Waals surface area contributed by atoms with Crippen molar-refractivity contribution in [1.29, 1.82) is 0 Å². The van der Waals surface area contributed by atoms with E-state index in [9.17, 15) is 26.7 Å². The first-order valence-corrected chi connectivity index (χ1v) is 11.6. The predicted molar refractivity (Wildman–Crippen MR) is 134 cm³/mol. The third-order valence-electron chi connectivity index (χ3n) is 5.39. The van der Waals surface area contributed by atoms with Crippen LogP contribution in [0, 0.1) is 29.1 Å². The molecule has 1 aliphatic rings. The van der Waals surface area contributed by atoms with Crippen molar-refractivity contribution in [3.63, 3.8) is 0 Å². The van der Waals surface area contributed by atoms with Crippen LogP contribution in [0.3, 0.4) is 0 Å². The fourth-order valence-corrected chi connectivity index (χ4v) is 4.12. The second-order valence-electron chi connectivity index (χ2n) is 7.85. The first-order valence-electron chi connectivity index (χ1n) is 10.5. The lowest BCUT2D eigenvalue weighted by atomic mass is 10.1. The van der Waals surface area contributed by atoms with Crippen molar-refractivity contribution in [2.75, 3.05) is 12.1 Å². The molecule has 0 fully saturated rings. The molecular formula is C25H14Cl3F5N2O3. The van der Waals surface area contributed by atoms with Gasteiger partial charge < -0.3 is 9.47 Å². The van der Waals surface area contributed by atoms with Crippen molar-refractivity contribution in [3.8, 4) is 11.5 Å². The van der Waals surface area contributed by atoms with Crippen LogP contribution in [-0.4, -0.2) is 18.7 Å². The van der Waals surface area contributed by atoms with Crippen molar-refractivity contribution in [1.82, 2.24) is 0 Å². The molecule has 13 heteroatoms. The van der Waals surface area contributed by atoms with Crippen molar-refractivity contribution in [2.45, 2.75) is 13.5 Å². The van der Waals surface area contributed by atoms with Crippen molar-refractivity contribution >= 4 is 58.2 Å². The van der Waals surface area contributed by atoms with Gasteiger partial charge in [0.2, 0.25) is 5.82 Å². The quantitative estimate of drug-likeness (QED) is 0.128. The van der Waals surface area contributed by atoms with Gasteiger partial charge in [-0.2, -0.15) is 10.1 Å². The van der Waals surface area contributed by atoms with E-state index in [1.54, 1.807) is 18.2 Å². The fourth-order valence-electron chi connectivity index (χ4n) is 3.53. The summed E-state index contributed by atoms with van der Waals surface area (Å²) in [6, 6.07) is 7.81. The number of carbonyl (C=O) groups excluding carboxylic acids is 1. The molecule has 0 saturated carbocycles. The van der Waals surface area contributed by atoms with Crippen LogP contribution in [0.25, 0.3) is 6.08 Å². The molecule has 198 valence electrons. The number of amides is 1. The van der Waals surface area contributed by atoms with Crippen LogP contribution in [-0.2, 0) is 11.4 Å². The summed E-state index contributed by atoms with van der Waals surface area (Å²) in [7, 11) is 1.35. The van der Waals surface area contributed by atoms with Gasteiger partial charge in [-0.3, -0.25) is 4.79 Å². The van der Waals surface area contributed by atoms with Crippen LogP contribution in [0.1, 0.15) is 18.1 Å². The highest BCUT2D eigenvalue weighted by Gasteiger charge is 2.37. The van der Waals surface area contributed by atoms with Crippen LogP contribution in [0.4, 0.5) is 27.6 Å². The Morgan fingerprint density at radius 2 is 1.53 bits per heavy atom. The third-order valence-corrected chi connectivity index (χ3v) is 6.41. The molecule has 1 heterocycles. The van der Waals surface area contributed by atoms with Gasteiger partial charge in [-0.25, -0.2) is 22.0 Å². The summed E-state index contributed by atoms with van der Waals surface area (Å²) >= 11 is 18.3. The lowest BCUT2D eigenvalue weighted by molar-refractivity contribution is -0.114. The predicted octanol–water partition coefficient (Wildman–Crippen LogP) is 7.74. The molecule has 1 aliphatic heterocycles. The van der Waals surface area contributed by atoms with Crippen LogP contribution in [0.5, 0.6) is 11.5 Å². The molecule has 0 unspecified atom stereocenters. The number of hydrogen-bond acceptors (Lipinski definition) is 4. The molecule has 0 spiro atoms. The molecule has 0 radical (unpaired) electrons. The summed E-state index contributed by atoms with van der Waals surface area (Å²) < 4.78 is 80.5. The van der Waals surface area contributed by atoms with Crippen molar-refractivity contribution in [2.24, 2.45) is 5.10 Å². The largest absolute Gasteiger partial charge is 0.493 e. The minimum atomic E-state index is -2.35. The Balaban J connectivity index is 1.65. The lowest BCUT2D eigenvalue weighted by Gasteiger charge is -2.15. The number of ether oxygens (including phenoxy) is 2. The van der Waals surface area contributed by atoms with Crippen molar-refractivity contribution in [3.05, 3.63) is 91.2 Å². The highest BCUT2D eigenvalue weighted by Crippen LogP contribution is 2.39. The molecule has 0 saturated heterocycles. The van der Waals surface area contributed by atoms with E-state index in [0.29, 0.717) is 21.2 Å². The molecule has 0 atom stereocenters. The minimum Gasteiger partial charge on any atom is -0.493 e. The van der Waals surface area contributed by atoms with Crippen LogP contribution in [0.2, 0.25) is 15.1 Å². The van der Waals surface area contributed by atoms with Gasteiger partial charge in [0.15, 0.2) is 34.8 Å². The molecule has 0 N–H and O–H groups in total. The van der Waals surface area contributed by atoms with Gasteiger partial charge >= 0.3 is 0 Å². The minimum absolute atomic E-state index is 0.0472. The number of hydrogen-bond donors (Lipinski definition) is 0. The van der Waals surface area contributed by atoms with E-state index in [1.165, 1.54) is 32.2 Å². The highest BCUT2D eigenvalue weighted by atomic mass is 35.5. The average molecular weight is 592 g/mol. The lowest BCUT2D eigenvalue weighted by Crippen LogP contribution is -2.25. The summed E-state index contributed by atoms with van der Waals surface area (Å²) in [6.45, 7) is 1.39. The van der Waals surface area contributed by atoms with E-state index in [1.807, 2.05) is 0 Å². The first kappa shape index (κ1) is 27.7. The van der Waals surface area contributed by atoms with Crippen LogP contribution in [0.15, 0.2) is 41.0 Å².